The highest BCUT2D eigenvalue weighted by Crippen LogP contribution is 2.54. The van der Waals surface area contributed by atoms with Crippen LogP contribution >= 0.6 is 11.6 Å². The van der Waals surface area contributed by atoms with E-state index < -0.39 is 0 Å². The summed E-state index contributed by atoms with van der Waals surface area (Å²) in [6.07, 6.45) is 2.31. The molecule has 0 N–H and O–H groups in total. The molecule has 2 aromatic carbocycles. The number of fused-ring (bicyclic) bond motifs is 3. The SMILES string of the molecule is CN1CCCC2C(c3ccccc3F)c3ccc(Cl)cc3C21. The zero-order valence-corrected chi connectivity index (χ0v) is 13.4. The fourth-order valence-corrected chi connectivity index (χ4v) is 4.64. The first-order chi connectivity index (χ1) is 10.7. The topological polar surface area (TPSA) is 3.24 Å². The van der Waals surface area contributed by atoms with Gasteiger partial charge in [0, 0.05) is 17.0 Å². The molecule has 22 heavy (non-hydrogen) atoms. The van der Waals surface area contributed by atoms with Crippen LogP contribution in [0.5, 0.6) is 0 Å². The van der Waals surface area contributed by atoms with Crippen LogP contribution in [0.25, 0.3) is 0 Å². The minimum absolute atomic E-state index is 0.0951. The molecular formula is C19H19ClFN. The Morgan fingerprint density at radius 2 is 1.91 bits per heavy atom. The molecule has 0 spiro atoms. The van der Waals surface area contributed by atoms with Crippen LogP contribution in [-0.2, 0) is 0 Å². The number of benzene rings is 2. The molecule has 4 rings (SSSR count). The van der Waals surface area contributed by atoms with Gasteiger partial charge in [0.25, 0.3) is 0 Å². The minimum Gasteiger partial charge on any atom is -0.299 e. The lowest BCUT2D eigenvalue weighted by molar-refractivity contribution is 0.126. The Bertz CT molecular complexity index is 714. The van der Waals surface area contributed by atoms with Crippen LogP contribution in [0, 0.1) is 11.7 Å². The standard InChI is InChI=1S/C19H19ClFN/c1-22-10-4-6-15-18(14-5-2-3-7-17(14)21)13-9-8-12(20)11-16(13)19(15)22/h2-3,5,7-9,11,15,18-19H,4,6,10H2,1H3. The molecule has 0 radical (unpaired) electrons. The summed E-state index contributed by atoms with van der Waals surface area (Å²) in [7, 11) is 2.17. The molecule has 2 aromatic rings. The Labute approximate surface area is 135 Å². The zero-order valence-electron chi connectivity index (χ0n) is 12.6. The van der Waals surface area contributed by atoms with Crippen molar-refractivity contribution in [3.63, 3.8) is 0 Å². The van der Waals surface area contributed by atoms with Crippen LogP contribution in [0.3, 0.4) is 0 Å². The molecule has 1 aliphatic carbocycles. The van der Waals surface area contributed by atoms with Crippen LogP contribution in [0.2, 0.25) is 5.02 Å². The van der Waals surface area contributed by atoms with Crippen molar-refractivity contribution in [2.45, 2.75) is 24.8 Å². The van der Waals surface area contributed by atoms with Gasteiger partial charge in [-0.1, -0.05) is 35.9 Å². The highest BCUT2D eigenvalue weighted by Gasteiger charge is 2.45. The number of likely N-dealkylation sites (tertiary alicyclic amines) is 1. The summed E-state index contributed by atoms with van der Waals surface area (Å²) in [5.41, 5.74) is 3.36. The molecule has 1 fully saturated rings. The largest absolute Gasteiger partial charge is 0.299 e. The smallest absolute Gasteiger partial charge is 0.127 e. The summed E-state index contributed by atoms with van der Waals surface area (Å²) in [4.78, 5) is 2.41. The highest BCUT2D eigenvalue weighted by molar-refractivity contribution is 6.30. The molecule has 2 aliphatic rings. The van der Waals surface area contributed by atoms with Crippen LogP contribution in [-0.4, -0.2) is 18.5 Å². The van der Waals surface area contributed by atoms with Gasteiger partial charge in [-0.3, -0.25) is 4.90 Å². The Morgan fingerprint density at radius 1 is 1.09 bits per heavy atom. The minimum atomic E-state index is -0.0951. The van der Waals surface area contributed by atoms with E-state index in [1.54, 1.807) is 12.1 Å². The molecule has 1 saturated heterocycles. The van der Waals surface area contributed by atoms with Gasteiger partial charge in [0.2, 0.25) is 0 Å². The van der Waals surface area contributed by atoms with Gasteiger partial charge < -0.3 is 0 Å². The van der Waals surface area contributed by atoms with Crippen molar-refractivity contribution in [3.05, 3.63) is 70.0 Å². The van der Waals surface area contributed by atoms with Crippen LogP contribution in [0.15, 0.2) is 42.5 Å². The van der Waals surface area contributed by atoms with E-state index in [1.807, 2.05) is 18.2 Å². The maximum Gasteiger partial charge on any atom is 0.127 e. The van der Waals surface area contributed by atoms with Gasteiger partial charge in [0.1, 0.15) is 5.82 Å². The second kappa shape index (κ2) is 5.36. The fourth-order valence-electron chi connectivity index (χ4n) is 4.46. The Hall–Kier alpha value is -1.38. The van der Waals surface area contributed by atoms with Crippen molar-refractivity contribution in [1.29, 1.82) is 0 Å². The van der Waals surface area contributed by atoms with Crippen molar-refractivity contribution in [3.8, 4) is 0 Å². The van der Waals surface area contributed by atoms with E-state index in [9.17, 15) is 4.39 Å². The van der Waals surface area contributed by atoms with E-state index in [1.165, 1.54) is 17.5 Å². The first kappa shape index (κ1) is 14.2. The third kappa shape index (κ3) is 2.09. The second-order valence-corrected chi connectivity index (χ2v) is 6.94. The third-order valence-electron chi connectivity index (χ3n) is 5.30. The first-order valence-electron chi connectivity index (χ1n) is 7.91. The second-order valence-electron chi connectivity index (χ2n) is 6.50. The number of hydrogen-bond donors (Lipinski definition) is 0. The van der Waals surface area contributed by atoms with Gasteiger partial charge in [-0.05, 0) is 67.2 Å². The van der Waals surface area contributed by atoms with E-state index in [2.05, 4.69) is 24.1 Å². The molecule has 1 aliphatic heterocycles. The van der Waals surface area contributed by atoms with E-state index in [-0.39, 0.29) is 11.7 Å². The van der Waals surface area contributed by atoms with E-state index in [4.69, 9.17) is 11.6 Å². The third-order valence-corrected chi connectivity index (χ3v) is 5.53. The summed E-state index contributed by atoms with van der Waals surface area (Å²) in [5.74, 6) is 0.479. The van der Waals surface area contributed by atoms with Crippen molar-refractivity contribution in [1.82, 2.24) is 4.90 Å². The average molecular weight is 316 g/mol. The summed E-state index contributed by atoms with van der Waals surface area (Å²) in [6.45, 7) is 1.09. The summed E-state index contributed by atoms with van der Waals surface area (Å²) in [5, 5.41) is 0.769. The van der Waals surface area contributed by atoms with Crippen molar-refractivity contribution in [2.24, 2.45) is 5.92 Å². The van der Waals surface area contributed by atoms with E-state index >= 15 is 0 Å². The summed E-state index contributed by atoms with van der Waals surface area (Å²) in [6, 6.07) is 13.7. The number of halogens is 2. The van der Waals surface area contributed by atoms with Crippen LogP contribution in [0.1, 0.15) is 41.5 Å². The van der Waals surface area contributed by atoms with Gasteiger partial charge in [0.05, 0.1) is 0 Å². The van der Waals surface area contributed by atoms with Crippen molar-refractivity contribution in [2.75, 3.05) is 13.6 Å². The predicted molar refractivity (Wildman–Crippen MR) is 87.8 cm³/mol. The van der Waals surface area contributed by atoms with Gasteiger partial charge >= 0.3 is 0 Å². The average Bonchev–Trinajstić information content (AvgIpc) is 2.82. The molecular weight excluding hydrogens is 297 g/mol. The summed E-state index contributed by atoms with van der Waals surface area (Å²) < 4.78 is 14.4. The van der Waals surface area contributed by atoms with Crippen molar-refractivity contribution < 1.29 is 4.39 Å². The molecule has 1 heterocycles. The lowest BCUT2D eigenvalue weighted by atomic mass is 9.80. The Kier molecular flexibility index (Phi) is 3.47. The molecule has 0 aromatic heterocycles. The molecule has 3 unspecified atom stereocenters. The maximum absolute atomic E-state index is 14.4. The molecule has 1 nitrogen and oxygen atoms in total. The van der Waals surface area contributed by atoms with Crippen molar-refractivity contribution >= 4 is 11.6 Å². The normalized spacial score (nSPS) is 27.5. The van der Waals surface area contributed by atoms with Gasteiger partial charge in [-0.15, -0.1) is 0 Å². The van der Waals surface area contributed by atoms with Crippen LogP contribution in [0.4, 0.5) is 4.39 Å². The number of piperidine rings is 1. The van der Waals surface area contributed by atoms with E-state index in [0.717, 1.165) is 23.6 Å². The lowest BCUT2D eigenvalue weighted by Gasteiger charge is -2.37. The predicted octanol–water partition coefficient (Wildman–Crippen LogP) is 5.01. The van der Waals surface area contributed by atoms with Gasteiger partial charge in [-0.25, -0.2) is 4.39 Å². The molecule has 3 heteroatoms. The van der Waals surface area contributed by atoms with E-state index in [0.29, 0.717) is 12.0 Å². The summed E-state index contributed by atoms with van der Waals surface area (Å²) >= 11 is 6.23. The number of rotatable bonds is 1. The Balaban J connectivity index is 1.90. The highest BCUT2D eigenvalue weighted by atomic mass is 35.5. The maximum atomic E-state index is 14.4. The molecule has 0 bridgehead atoms. The van der Waals surface area contributed by atoms with Gasteiger partial charge in [-0.2, -0.15) is 0 Å². The zero-order chi connectivity index (χ0) is 15.3. The van der Waals surface area contributed by atoms with Gasteiger partial charge in [0.15, 0.2) is 0 Å². The lowest BCUT2D eigenvalue weighted by Crippen LogP contribution is -2.35. The monoisotopic (exact) mass is 315 g/mol. The molecule has 3 atom stereocenters. The number of nitrogens with zero attached hydrogens (tertiary/aromatic N) is 1. The molecule has 114 valence electrons. The molecule has 0 amide bonds. The quantitative estimate of drug-likeness (QED) is 0.715. The van der Waals surface area contributed by atoms with Crippen LogP contribution < -0.4 is 0 Å². The number of hydrogen-bond acceptors (Lipinski definition) is 1. The Morgan fingerprint density at radius 3 is 2.73 bits per heavy atom. The first-order valence-corrected chi connectivity index (χ1v) is 8.28. The fraction of sp³-hybridized carbons (Fsp3) is 0.368. The molecule has 0 saturated carbocycles.